The first kappa shape index (κ1) is 64.3. The highest BCUT2D eigenvalue weighted by atomic mass is 16.7. The number of esters is 2. The molecule has 15 heteroatoms. The molecular formula is C56H96O15. The summed E-state index contributed by atoms with van der Waals surface area (Å²) in [6.45, 7) is 2.44. The van der Waals surface area contributed by atoms with Crippen molar-refractivity contribution in [3.05, 3.63) is 60.8 Å². The van der Waals surface area contributed by atoms with Crippen molar-refractivity contribution in [2.45, 2.75) is 255 Å². The number of rotatable bonds is 42. The van der Waals surface area contributed by atoms with Crippen molar-refractivity contribution in [2.75, 3.05) is 26.4 Å². The van der Waals surface area contributed by atoms with E-state index in [-0.39, 0.29) is 26.1 Å². The van der Waals surface area contributed by atoms with E-state index < -0.39 is 92.7 Å². The summed E-state index contributed by atoms with van der Waals surface area (Å²) in [5, 5.41) is 72.2. The van der Waals surface area contributed by atoms with Crippen molar-refractivity contribution in [3.8, 4) is 0 Å². The maximum atomic E-state index is 13.0. The molecule has 0 aromatic heterocycles. The molecule has 0 aromatic rings. The highest BCUT2D eigenvalue weighted by Gasteiger charge is 2.47. The van der Waals surface area contributed by atoms with Gasteiger partial charge in [-0.25, -0.2) is 0 Å². The van der Waals surface area contributed by atoms with E-state index in [0.717, 1.165) is 96.3 Å². The molecule has 71 heavy (non-hydrogen) atoms. The zero-order chi connectivity index (χ0) is 51.7. The van der Waals surface area contributed by atoms with E-state index in [0.29, 0.717) is 12.8 Å². The van der Waals surface area contributed by atoms with Crippen molar-refractivity contribution in [1.82, 2.24) is 0 Å². The SMILES string of the molecule is CC/C=C\C/C=C\C/C=C\C/C=C\CCCCCCCCCCCCC(=O)OC(COC(=O)CCCCCCC/C=C\CCCCC)COC1OC(COC2OC(CO)C(O)C(O)C2O)C(O)C(O)C1O. The van der Waals surface area contributed by atoms with Gasteiger partial charge in [0, 0.05) is 12.8 Å². The van der Waals surface area contributed by atoms with Crippen LogP contribution >= 0.6 is 0 Å². The third-order valence-electron chi connectivity index (χ3n) is 12.7. The molecule has 0 aromatic carbocycles. The Labute approximate surface area is 426 Å². The van der Waals surface area contributed by atoms with Crippen LogP contribution in [0.2, 0.25) is 0 Å². The van der Waals surface area contributed by atoms with Crippen LogP contribution in [0.3, 0.4) is 0 Å². The lowest BCUT2D eigenvalue weighted by Crippen LogP contribution is -2.61. The van der Waals surface area contributed by atoms with Gasteiger partial charge in [0.15, 0.2) is 18.7 Å². The number of hydrogen-bond donors (Lipinski definition) is 7. The fourth-order valence-corrected chi connectivity index (χ4v) is 8.26. The van der Waals surface area contributed by atoms with E-state index in [9.17, 15) is 45.3 Å². The fourth-order valence-electron chi connectivity index (χ4n) is 8.26. The second-order valence-corrected chi connectivity index (χ2v) is 19.0. The molecule has 11 atom stereocenters. The number of aliphatic hydroxyl groups is 7. The third kappa shape index (κ3) is 30.2. The average Bonchev–Trinajstić information content (AvgIpc) is 3.36. The molecule has 11 unspecified atom stereocenters. The zero-order valence-corrected chi connectivity index (χ0v) is 43.4. The van der Waals surface area contributed by atoms with Gasteiger partial charge in [0.1, 0.15) is 55.4 Å². The van der Waals surface area contributed by atoms with Gasteiger partial charge in [-0.05, 0) is 77.0 Å². The van der Waals surface area contributed by atoms with Gasteiger partial charge in [-0.3, -0.25) is 9.59 Å². The van der Waals surface area contributed by atoms with Gasteiger partial charge in [-0.2, -0.15) is 0 Å². The molecule has 7 N–H and O–H groups in total. The van der Waals surface area contributed by atoms with Gasteiger partial charge in [0.05, 0.1) is 19.8 Å². The molecule has 2 rings (SSSR count). The van der Waals surface area contributed by atoms with E-state index in [4.69, 9.17) is 28.4 Å². The molecule has 2 fully saturated rings. The predicted molar refractivity (Wildman–Crippen MR) is 275 cm³/mol. The topological polar surface area (TPSA) is 231 Å². The van der Waals surface area contributed by atoms with Crippen molar-refractivity contribution in [1.29, 1.82) is 0 Å². The number of carbonyl (C=O) groups is 2. The Bertz CT molecular complexity index is 1470. The van der Waals surface area contributed by atoms with Gasteiger partial charge in [0.25, 0.3) is 0 Å². The van der Waals surface area contributed by atoms with Crippen molar-refractivity contribution in [3.63, 3.8) is 0 Å². The van der Waals surface area contributed by atoms with E-state index in [1.54, 1.807) is 0 Å². The van der Waals surface area contributed by atoms with E-state index in [1.807, 2.05) is 0 Å². The quantitative estimate of drug-likeness (QED) is 0.0173. The molecule has 2 saturated heterocycles. The number of hydrogen-bond acceptors (Lipinski definition) is 15. The summed E-state index contributed by atoms with van der Waals surface area (Å²) in [6.07, 6.45) is 32.5. The molecule has 410 valence electrons. The van der Waals surface area contributed by atoms with Crippen LogP contribution in [0.15, 0.2) is 60.8 Å². The van der Waals surface area contributed by atoms with E-state index >= 15 is 0 Å². The normalized spacial score (nSPS) is 25.6. The summed E-state index contributed by atoms with van der Waals surface area (Å²) < 4.78 is 33.6. The lowest BCUT2D eigenvalue weighted by molar-refractivity contribution is -0.332. The Morgan fingerprint density at radius 3 is 1.41 bits per heavy atom. The smallest absolute Gasteiger partial charge is 0.306 e. The molecule has 0 radical (unpaired) electrons. The molecule has 0 bridgehead atoms. The Balaban J connectivity index is 1.75. The lowest BCUT2D eigenvalue weighted by atomic mass is 9.98. The maximum Gasteiger partial charge on any atom is 0.306 e. The van der Waals surface area contributed by atoms with Gasteiger partial charge < -0.3 is 64.2 Å². The number of ether oxygens (including phenoxy) is 6. The second-order valence-electron chi connectivity index (χ2n) is 19.0. The highest BCUT2D eigenvalue weighted by molar-refractivity contribution is 5.70. The minimum atomic E-state index is -1.77. The third-order valence-corrected chi connectivity index (χ3v) is 12.7. The number of allylic oxidation sites excluding steroid dienone is 10. The summed E-state index contributed by atoms with van der Waals surface area (Å²) in [6, 6.07) is 0. The second kappa shape index (κ2) is 42.5. The minimum Gasteiger partial charge on any atom is -0.462 e. The molecular weight excluding hydrogens is 913 g/mol. The first-order valence-corrected chi connectivity index (χ1v) is 27.4. The molecule has 0 spiro atoms. The molecule has 0 amide bonds. The van der Waals surface area contributed by atoms with Gasteiger partial charge in [-0.15, -0.1) is 0 Å². The maximum absolute atomic E-state index is 13.0. The lowest BCUT2D eigenvalue weighted by Gasteiger charge is -2.42. The predicted octanol–water partition coefficient (Wildman–Crippen LogP) is 8.44. The van der Waals surface area contributed by atoms with Crippen LogP contribution < -0.4 is 0 Å². The van der Waals surface area contributed by atoms with Crippen molar-refractivity contribution < 1.29 is 73.8 Å². The van der Waals surface area contributed by atoms with E-state index in [1.165, 1.54) is 51.4 Å². The Morgan fingerprint density at radius 1 is 0.465 bits per heavy atom. The summed E-state index contributed by atoms with van der Waals surface area (Å²) in [5.74, 6) is -0.942. The van der Waals surface area contributed by atoms with Gasteiger partial charge in [0.2, 0.25) is 0 Å². The number of aliphatic hydroxyl groups excluding tert-OH is 7. The molecule has 0 saturated carbocycles. The first-order valence-electron chi connectivity index (χ1n) is 27.4. The number of unbranched alkanes of at least 4 members (excludes halogenated alkanes) is 18. The first-order chi connectivity index (χ1) is 34.5. The minimum absolute atomic E-state index is 0.156. The largest absolute Gasteiger partial charge is 0.462 e. The van der Waals surface area contributed by atoms with Crippen LogP contribution in [0.25, 0.3) is 0 Å². The highest BCUT2D eigenvalue weighted by Crippen LogP contribution is 2.26. The molecule has 2 aliphatic rings. The van der Waals surface area contributed by atoms with Crippen LogP contribution in [0.1, 0.15) is 187 Å². The zero-order valence-electron chi connectivity index (χ0n) is 43.4. The van der Waals surface area contributed by atoms with Crippen LogP contribution in [-0.2, 0) is 38.0 Å². The summed E-state index contributed by atoms with van der Waals surface area (Å²) in [7, 11) is 0. The van der Waals surface area contributed by atoms with Crippen LogP contribution in [0.4, 0.5) is 0 Å². The van der Waals surface area contributed by atoms with Gasteiger partial charge >= 0.3 is 11.9 Å². The van der Waals surface area contributed by atoms with Gasteiger partial charge in [-0.1, -0.05) is 158 Å². The summed E-state index contributed by atoms with van der Waals surface area (Å²) in [5.41, 5.74) is 0. The fraction of sp³-hybridized carbons (Fsp3) is 0.786. The molecule has 0 aliphatic carbocycles. The summed E-state index contributed by atoms with van der Waals surface area (Å²) in [4.78, 5) is 25.8. The standard InChI is InChI=1S/C56H96O15/c1-3-5-7-9-11-13-15-17-18-19-20-21-22-23-24-25-26-27-29-31-33-35-37-39-48(59)69-44(41-66-47(58)38-36-34-32-30-28-16-14-12-10-8-6-4-2)42-67-55-54(65)52(63)50(61)46(71-55)43-68-56-53(64)51(62)49(60)45(40-57)70-56/h5,7,11-14,17-18,20-21,44-46,49-57,60-65H,3-4,6,8-10,15-16,19,22-43H2,1-2H3/b7-5-,13-11-,14-12-,18-17-,21-20-. The Kier molecular flexibility index (Phi) is 38.5. The van der Waals surface area contributed by atoms with Crippen molar-refractivity contribution in [2.24, 2.45) is 0 Å². The molecule has 2 heterocycles. The molecule has 15 nitrogen and oxygen atoms in total. The van der Waals surface area contributed by atoms with Crippen molar-refractivity contribution >= 4 is 11.9 Å². The average molecular weight is 1010 g/mol. The monoisotopic (exact) mass is 1010 g/mol. The van der Waals surface area contributed by atoms with Crippen LogP contribution in [0, 0.1) is 0 Å². The van der Waals surface area contributed by atoms with Crippen LogP contribution in [0.5, 0.6) is 0 Å². The molecule has 2 aliphatic heterocycles. The van der Waals surface area contributed by atoms with E-state index in [2.05, 4.69) is 74.6 Å². The summed E-state index contributed by atoms with van der Waals surface area (Å²) >= 11 is 0. The Hall–Kier alpha value is -2.80. The van der Waals surface area contributed by atoms with Crippen LogP contribution in [-0.4, -0.2) is 142 Å². The number of carbonyl (C=O) groups excluding carboxylic acids is 2. The Morgan fingerprint density at radius 2 is 0.887 bits per heavy atom.